The van der Waals surface area contributed by atoms with Crippen LogP contribution in [-0.2, 0) is 16.1 Å². The van der Waals surface area contributed by atoms with Gasteiger partial charge < -0.3 is 4.74 Å². The average molecular weight is 456 g/mol. The number of hydrogen-bond acceptors (Lipinski definition) is 4. The van der Waals surface area contributed by atoms with Gasteiger partial charge in [-0.25, -0.2) is 4.79 Å². The molecule has 0 heterocycles. The highest BCUT2D eigenvalue weighted by molar-refractivity contribution is 8.07. The molecule has 2 aromatic rings. The molecule has 0 atom stereocenters. The van der Waals surface area contributed by atoms with Crippen LogP contribution in [0.3, 0.4) is 0 Å². The van der Waals surface area contributed by atoms with Crippen molar-refractivity contribution in [2.75, 3.05) is 0 Å². The van der Waals surface area contributed by atoms with Crippen LogP contribution < -0.4 is 5.32 Å². The van der Waals surface area contributed by atoms with Crippen molar-refractivity contribution in [1.29, 1.82) is 0 Å². The lowest BCUT2D eigenvalue weighted by Crippen LogP contribution is -2.22. The van der Waals surface area contributed by atoms with Crippen molar-refractivity contribution in [2.24, 2.45) is 0 Å². The van der Waals surface area contributed by atoms with Gasteiger partial charge in [-0.1, -0.05) is 86.3 Å². The summed E-state index contributed by atoms with van der Waals surface area (Å²) in [4.78, 5) is 23.3. The number of alkyl carbamates (subject to hydrolysis) is 1. The fraction of sp³-hybridized carbons (Fsp3) is 0.333. The number of carbonyl (C=O) groups is 2. The lowest BCUT2D eigenvalue weighted by Gasteiger charge is -2.09. The third kappa shape index (κ3) is 11.6. The number of thioether (sulfide) groups is 1. The summed E-state index contributed by atoms with van der Waals surface area (Å²) in [6.07, 6.45) is 1.08. The Bertz CT molecular complexity index is 895. The molecule has 0 aliphatic carbocycles. The van der Waals surface area contributed by atoms with Crippen molar-refractivity contribution in [3.63, 3.8) is 0 Å². The van der Waals surface area contributed by atoms with Crippen molar-refractivity contribution >= 4 is 23.6 Å². The predicted octanol–water partition coefficient (Wildman–Crippen LogP) is 7.56. The molecule has 0 saturated heterocycles. The van der Waals surface area contributed by atoms with Crippen LogP contribution in [0, 0.1) is 27.7 Å². The first kappa shape index (κ1) is 29.2. The molecule has 0 spiro atoms. The van der Waals surface area contributed by atoms with Crippen LogP contribution in [0.15, 0.2) is 65.1 Å². The average Bonchev–Trinajstić information content (AvgIpc) is 2.76. The van der Waals surface area contributed by atoms with Crippen molar-refractivity contribution in [3.05, 3.63) is 92.9 Å². The minimum Gasteiger partial charge on any atom is -0.444 e. The lowest BCUT2D eigenvalue weighted by molar-refractivity contribution is -0.112. The van der Waals surface area contributed by atoms with E-state index in [0.717, 1.165) is 17.3 Å². The van der Waals surface area contributed by atoms with E-state index in [1.807, 2.05) is 44.2 Å². The molecule has 0 fully saturated rings. The van der Waals surface area contributed by atoms with E-state index in [4.69, 9.17) is 4.74 Å². The Morgan fingerprint density at radius 1 is 1.03 bits per heavy atom. The van der Waals surface area contributed by atoms with Gasteiger partial charge in [0.1, 0.15) is 6.61 Å². The van der Waals surface area contributed by atoms with Crippen molar-refractivity contribution in [2.45, 2.75) is 62.0 Å². The summed E-state index contributed by atoms with van der Waals surface area (Å²) < 4.78 is 5.05. The first-order valence-electron chi connectivity index (χ1n) is 10.7. The van der Waals surface area contributed by atoms with Gasteiger partial charge >= 0.3 is 6.09 Å². The molecule has 2 rings (SSSR count). The van der Waals surface area contributed by atoms with E-state index in [1.54, 1.807) is 13.0 Å². The first-order chi connectivity index (χ1) is 15.1. The summed E-state index contributed by atoms with van der Waals surface area (Å²) in [5, 5.41) is 2.84. The second kappa shape index (κ2) is 15.9. The number of nitrogens with one attached hydrogen (secondary N) is 1. The summed E-state index contributed by atoms with van der Waals surface area (Å²) in [6.45, 7) is 19.7. The number of amides is 1. The second-order valence-electron chi connectivity index (χ2n) is 6.94. The van der Waals surface area contributed by atoms with Crippen LogP contribution in [0.25, 0.3) is 0 Å². The van der Waals surface area contributed by atoms with Gasteiger partial charge in [-0.2, -0.15) is 0 Å². The Balaban J connectivity index is 0.000000668. The van der Waals surface area contributed by atoms with Crippen molar-refractivity contribution in [1.82, 2.24) is 5.32 Å². The predicted molar refractivity (Wildman–Crippen MR) is 138 cm³/mol. The fourth-order valence-corrected chi connectivity index (χ4v) is 3.28. The van der Waals surface area contributed by atoms with E-state index >= 15 is 0 Å². The smallest absolute Gasteiger partial charge is 0.412 e. The molecule has 0 aliphatic rings. The molecule has 1 N–H and O–H groups in total. The SMILES string of the molecule is C=C(NC(=O)OCc1ccccc1)S/C(=C\C)C(C)=O.CC.Cc1cc(C)c(C)c(C)c1. The highest BCUT2D eigenvalue weighted by Gasteiger charge is 2.09. The number of ketones is 1. The molecule has 0 bridgehead atoms. The number of aryl methyl sites for hydroxylation is 3. The lowest BCUT2D eigenvalue weighted by atomic mass is 10.0. The normalized spacial score (nSPS) is 10.1. The van der Waals surface area contributed by atoms with E-state index in [1.165, 1.54) is 29.2 Å². The summed E-state index contributed by atoms with van der Waals surface area (Å²) in [5.74, 6) is -0.0712. The largest absolute Gasteiger partial charge is 0.444 e. The standard InChI is InChI=1S/C15H17NO3S.C10H14.C2H6/c1-4-14(11(2)17)20-12(3)16-15(18)19-10-13-8-6-5-7-9-13;1-7-5-8(2)10(4)9(3)6-7;1-2/h4-9H,3,10H2,1-2H3,(H,16,18);5-6H,1-4H3;1-2H3/b14-4-;;. The van der Waals surface area contributed by atoms with E-state index < -0.39 is 6.09 Å². The zero-order valence-electron chi connectivity index (χ0n) is 20.7. The molecule has 0 radical (unpaired) electrons. The second-order valence-corrected chi connectivity index (χ2v) is 8.08. The van der Waals surface area contributed by atoms with Crippen molar-refractivity contribution < 1.29 is 14.3 Å². The minimum atomic E-state index is -0.592. The molecule has 174 valence electrons. The monoisotopic (exact) mass is 455 g/mol. The highest BCUT2D eigenvalue weighted by Crippen LogP contribution is 2.22. The zero-order valence-corrected chi connectivity index (χ0v) is 21.5. The van der Waals surface area contributed by atoms with Crippen LogP contribution >= 0.6 is 11.8 Å². The molecule has 1 amide bonds. The molecule has 0 aromatic heterocycles. The molecule has 0 saturated carbocycles. The minimum absolute atomic E-state index is 0.0712. The Hall–Kier alpha value is -2.79. The summed E-state index contributed by atoms with van der Waals surface area (Å²) >= 11 is 1.11. The number of carbonyl (C=O) groups excluding carboxylic acids is 2. The summed E-state index contributed by atoms with van der Waals surface area (Å²) in [6, 6.07) is 13.8. The number of benzene rings is 2. The molecule has 0 unspecified atom stereocenters. The van der Waals surface area contributed by atoms with Gasteiger partial charge in [0.25, 0.3) is 0 Å². The van der Waals surface area contributed by atoms with E-state index in [9.17, 15) is 9.59 Å². The maximum Gasteiger partial charge on any atom is 0.412 e. The zero-order chi connectivity index (χ0) is 24.7. The maximum atomic E-state index is 11.6. The fourth-order valence-electron chi connectivity index (χ4n) is 2.62. The first-order valence-corrected chi connectivity index (χ1v) is 11.5. The Kier molecular flexibility index (Phi) is 14.5. The van der Waals surface area contributed by atoms with Crippen LogP contribution in [-0.4, -0.2) is 11.9 Å². The molecule has 5 heteroatoms. The van der Waals surface area contributed by atoms with Gasteiger partial charge in [0, 0.05) is 0 Å². The number of ether oxygens (including phenoxy) is 1. The van der Waals surface area contributed by atoms with Crippen LogP contribution in [0.4, 0.5) is 4.79 Å². The van der Waals surface area contributed by atoms with E-state index in [2.05, 4.69) is 51.7 Å². The summed E-state index contributed by atoms with van der Waals surface area (Å²) in [5.41, 5.74) is 6.49. The third-order valence-corrected chi connectivity index (χ3v) is 5.46. The Labute approximate surface area is 198 Å². The Morgan fingerprint density at radius 3 is 2.03 bits per heavy atom. The number of Topliss-reactive ketones (excluding diaryl/α,β-unsaturated/α-hetero) is 1. The Morgan fingerprint density at radius 2 is 1.56 bits per heavy atom. The number of allylic oxidation sites excluding steroid dienone is 2. The quantitative estimate of drug-likeness (QED) is 0.457. The van der Waals surface area contributed by atoms with E-state index in [0.29, 0.717) is 9.93 Å². The molecule has 0 aliphatic heterocycles. The van der Waals surface area contributed by atoms with E-state index in [-0.39, 0.29) is 12.4 Å². The highest BCUT2D eigenvalue weighted by atomic mass is 32.2. The van der Waals surface area contributed by atoms with Gasteiger partial charge in [-0.05, 0) is 63.8 Å². The van der Waals surface area contributed by atoms with Gasteiger partial charge in [-0.3, -0.25) is 10.1 Å². The van der Waals surface area contributed by atoms with Crippen LogP contribution in [0.5, 0.6) is 0 Å². The molecular weight excluding hydrogens is 418 g/mol. The molecular formula is C27H37NO3S. The maximum absolute atomic E-state index is 11.6. The summed E-state index contributed by atoms with van der Waals surface area (Å²) in [7, 11) is 0. The van der Waals surface area contributed by atoms with Gasteiger partial charge in [0.05, 0.1) is 9.93 Å². The van der Waals surface area contributed by atoms with Crippen LogP contribution in [0.2, 0.25) is 0 Å². The van der Waals surface area contributed by atoms with Gasteiger partial charge in [0.15, 0.2) is 5.78 Å². The number of hydrogen-bond donors (Lipinski definition) is 1. The van der Waals surface area contributed by atoms with Crippen molar-refractivity contribution in [3.8, 4) is 0 Å². The molecule has 4 nitrogen and oxygen atoms in total. The topological polar surface area (TPSA) is 55.4 Å². The molecule has 32 heavy (non-hydrogen) atoms. The van der Waals surface area contributed by atoms with Crippen LogP contribution in [0.1, 0.15) is 55.5 Å². The van der Waals surface area contributed by atoms with Gasteiger partial charge in [0.2, 0.25) is 0 Å². The molecule has 2 aromatic carbocycles. The number of rotatable bonds is 6. The van der Waals surface area contributed by atoms with Gasteiger partial charge in [-0.15, -0.1) is 0 Å². The third-order valence-electron chi connectivity index (χ3n) is 4.37.